The third kappa shape index (κ3) is 4.42. The van der Waals surface area contributed by atoms with Crippen LogP contribution >= 0.6 is 0 Å². The van der Waals surface area contributed by atoms with Gasteiger partial charge in [-0.05, 0) is 44.3 Å². The minimum absolute atomic E-state index is 0.290. The van der Waals surface area contributed by atoms with Crippen LogP contribution in [0.25, 0.3) is 22.6 Å². The van der Waals surface area contributed by atoms with E-state index in [-0.39, 0.29) is 5.91 Å². The summed E-state index contributed by atoms with van der Waals surface area (Å²) in [6, 6.07) is 11.7. The number of carbonyl (C=O) groups is 1. The Balaban J connectivity index is 1.39. The Kier molecular flexibility index (Phi) is 6.09. The summed E-state index contributed by atoms with van der Waals surface area (Å²) in [4.78, 5) is 34.2. The summed E-state index contributed by atoms with van der Waals surface area (Å²) >= 11 is 0. The van der Waals surface area contributed by atoms with E-state index in [2.05, 4.69) is 66.4 Å². The van der Waals surface area contributed by atoms with Crippen molar-refractivity contribution >= 4 is 28.4 Å². The number of rotatable bonds is 6. The molecule has 174 valence electrons. The van der Waals surface area contributed by atoms with E-state index in [1.807, 2.05) is 6.92 Å². The van der Waals surface area contributed by atoms with Gasteiger partial charge < -0.3 is 24.8 Å². The molecular formula is C25H27N7O2. The van der Waals surface area contributed by atoms with Crippen molar-refractivity contribution in [1.29, 1.82) is 0 Å². The van der Waals surface area contributed by atoms with E-state index in [1.54, 1.807) is 30.7 Å². The first-order chi connectivity index (χ1) is 16.6. The number of nitrogens with zero attached hydrogens (tertiary/aromatic N) is 5. The predicted octanol–water partition coefficient (Wildman–Crippen LogP) is 3.42. The highest BCUT2D eigenvalue weighted by Gasteiger charge is 2.18. The largest absolute Gasteiger partial charge is 0.492 e. The highest BCUT2D eigenvalue weighted by Crippen LogP contribution is 2.27. The van der Waals surface area contributed by atoms with Crippen LogP contribution in [0.5, 0.6) is 5.75 Å². The summed E-state index contributed by atoms with van der Waals surface area (Å²) in [7, 11) is 2.15. The van der Waals surface area contributed by atoms with E-state index in [1.165, 1.54) is 5.69 Å². The standard InChI is InChI=1S/C25H27N7O2/c1-3-34-21-9-10-26-16-20(21)28-25(33)19-8-11-27-24-22(19)29-23(30-24)17-4-6-18(7-5-17)32-14-12-31(2)13-15-32/h4-11,16H,3,12-15H2,1-2H3,(H,28,33)(H,27,29,30). The first-order valence-electron chi connectivity index (χ1n) is 11.4. The number of nitrogens with one attached hydrogen (secondary N) is 2. The number of fused-ring (bicyclic) bond motifs is 1. The van der Waals surface area contributed by atoms with Gasteiger partial charge in [-0.15, -0.1) is 0 Å². The van der Waals surface area contributed by atoms with E-state index in [9.17, 15) is 4.79 Å². The van der Waals surface area contributed by atoms with Gasteiger partial charge in [0.05, 0.1) is 23.9 Å². The monoisotopic (exact) mass is 457 g/mol. The Morgan fingerprint density at radius 2 is 1.88 bits per heavy atom. The van der Waals surface area contributed by atoms with Crippen molar-refractivity contribution in [3.05, 3.63) is 60.6 Å². The normalized spacial score (nSPS) is 14.4. The zero-order chi connectivity index (χ0) is 23.5. The molecule has 1 aromatic carbocycles. The lowest BCUT2D eigenvalue weighted by molar-refractivity contribution is 0.102. The third-order valence-corrected chi connectivity index (χ3v) is 5.97. The minimum Gasteiger partial charge on any atom is -0.492 e. The molecule has 0 aliphatic carbocycles. The lowest BCUT2D eigenvalue weighted by Crippen LogP contribution is -2.44. The number of imidazole rings is 1. The van der Waals surface area contributed by atoms with Crippen LogP contribution in [-0.2, 0) is 0 Å². The molecule has 1 aliphatic rings. The number of aromatic nitrogens is 4. The number of piperazine rings is 1. The molecule has 1 aliphatic heterocycles. The second kappa shape index (κ2) is 9.48. The number of pyridine rings is 2. The first kappa shape index (κ1) is 21.8. The number of benzene rings is 1. The highest BCUT2D eigenvalue weighted by molar-refractivity contribution is 6.11. The number of likely N-dealkylation sites (N-methyl/N-ethyl adjacent to an activating group) is 1. The van der Waals surface area contributed by atoms with Gasteiger partial charge in [0.2, 0.25) is 0 Å². The van der Waals surface area contributed by atoms with Crippen LogP contribution in [0, 0.1) is 0 Å². The number of amides is 1. The average Bonchev–Trinajstić information content (AvgIpc) is 3.30. The first-order valence-corrected chi connectivity index (χ1v) is 11.4. The van der Waals surface area contributed by atoms with Crippen molar-refractivity contribution in [3.8, 4) is 17.1 Å². The molecule has 4 heterocycles. The zero-order valence-corrected chi connectivity index (χ0v) is 19.3. The number of carbonyl (C=O) groups excluding carboxylic acids is 1. The Morgan fingerprint density at radius 3 is 2.65 bits per heavy atom. The molecule has 0 saturated carbocycles. The number of hydrogen-bond donors (Lipinski definition) is 2. The summed E-state index contributed by atoms with van der Waals surface area (Å²) in [6.45, 7) is 6.54. The maximum atomic E-state index is 13.1. The van der Waals surface area contributed by atoms with Gasteiger partial charge >= 0.3 is 0 Å². The summed E-state index contributed by atoms with van der Waals surface area (Å²) in [5.74, 6) is 0.952. The molecule has 1 amide bonds. The molecule has 0 radical (unpaired) electrons. The quantitative estimate of drug-likeness (QED) is 0.458. The van der Waals surface area contributed by atoms with E-state index in [4.69, 9.17) is 4.74 Å². The molecule has 4 aromatic rings. The van der Waals surface area contributed by atoms with Gasteiger partial charge in [-0.3, -0.25) is 9.78 Å². The Labute approximate surface area is 197 Å². The SMILES string of the molecule is CCOc1ccncc1NC(=O)c1ccnc2nc(-c3ccc(N4CCN(C)CC4)cc3)[nH]c12. The molecule has 9 heteroatoms. The fraction of sp³-hybridized carbons (Fsp3) is 0.280. The van der Waals surface area contributed by atoms with Crippen LogP contribution in [0.2, 0.25) is 0 Å². The number of aromatic amines is 1. The molecule has 0 spiro atoms. The van der Waals surface area contributed by atoms with Crippen molar-refractivity contribution in [1.82, 2.24) is 24.8 Å². The lowest BCUT2D eigenvalue weighted by Gasteiger charge is -2.34. The topological polar surface area (TPSA) is 99.3 Å². The van der Waals surface area contributed by atoms with E-state index in [0.29, 0.717) is 40.6 Å². The molecule has 5 rings (SSSR count). The predicted molar refractivity (Wildman–Crippen MR) is 132 cm³/mol. The third-order valence-electron chi connectivity index (χ3n) is 5.97. The van der Waals surface area contributed by atoms with Crippen molar-refractivity contribution in [3.63, 3.8) is 0 Å². The minimum atomic E-state index is -0.290. The maximum Gasteiger partial charge on any atom is 0.258 e. The van der Waals surface area contributed by atoms with Crippen LogP contribution < -0.4 is 15.0 Å². The van der Waals surface area contributed by atoms with Crippen LogP contribution in [0.1, 0.15) is 17.3 Å². The molecule has 9 nitrogen and oxygen atoms in total. The van der Waals surface area contributed by atoms with Crippen LogP contribution in [0.3, 0.4) is 0 Å². The fourth-order valence-corrected chi connectivity index (χ4v) is 4.08. The van der Waals surface area contributed by atoms with Gasteiger partial charge in [0.25, 0.3) is 5.91 Å². The van der Waals surface area contributed by atoms with Gasteiger partial charge in [-0.1, -0.05) is 0 Å². The number of ether oxygens (including phenoxy) is 1. The van der Waals surface area contributed by atoms with Gasteiger partial charge in [0, 0.05) is 55.9 Å². The van der Waals surface area contributed by atoms with Crippen LogP contribution in [0.4, 0.5) is 11.4 Å². The molecule has 0 unspecified atom stereocenters. The summed E-state index contributed by atoms with van der Waals surface area (Å²) in [6.07, 6.45) is 4.79. The molecule has 1 saturated heterocycles. The molecular weight excluding hydrogens is 430 g/mol. The maximum absolute atomic E-state index is 13.1. The molecule has 2 N–H and O–H groups in total. The van der Waals surface area contributed by atoms with Gasteiger partial charge in [0.15, 0.2) is 5.65 Å². The second-order valence-electron chi connectivity index (χ2n) is 8.24. The lowest BCUT2D eigenvalue weighted by atomic mass is 10.1. The number of hydrogen-bond acceptors (Lipinski definition) is 7. The molecule has 34 heavy (non-hydrogen) atoms. The molecule has 0 atom stereocenters. The Morgan fingerprint density at radius 1 is 1.09 bits per heavy atom. The summed E-state index contributed by atoms with van der Waals surface area (Å²) in [5.41, 5.74) is 4.17. The summed E-state index contributed by atoms with van der Waals surface area (Å²) in [5, 5.41) is 2.89. The second-order valence-corrected chi connectivity index (χ2v) is 8.24. The van der Waals surface area contributed by atoms with Gasteiger partial charge in [0.1, 0.15) is 17.3 Å². The number of anilines is 2. The molecule has 1 fully saturated rings. The molecule has 0 bridgehead atoms. The highest BCUT2D eigenvalue weighted by atomic mass is 16.5. The summed E-state index contributed by atoms with van der Waals surface area (Å²) < 4.78 is 5.59. The number of H-pyrrole nitrogens is 1. The zero-order valence-electron chi connectivity index (χ0n) is 19.3. The Bertz CT molecular complexity index is 1290. The van der Waals surface area contributed by atoms with Crippen molar-refractivity contribution in [2.45, 2.75) is 6.92 Å². The van der Waals surface area contributed by atoms with Crippen molar-refractivity contribution < 1.29 is 9.53 Å². The smallest absolute Gasteiger partial charge is 0.258 e. The van der Waals surface area contributed by atoms with Crippen molar-refractivity contribution in [2.24, 2.45) is 0 Å². The van der Waals surface area contributed by atoms with Gasteiger partial charge in [-0.25, -0.2) is 9.97 Å². The Hall–Kier alpha value is -3.98. The van der Waals surface area contributed by atoms with Crippen LogP contribution in [0.15, 0.2) is 55.0 Å². The van der Waals surface area contributed by atoms with Gasteiger partial charge in [-0.2, -0.15) is 0 Å². The molecule has 3 aromatic heterocycles. The van der Waals surface area contributed by atoms with Crippen molar-refractivity contribution in [2.75, 3.05) is 50.1 Å². The van der Waals surface area contributed by atoms with Crippen LogP contribution in [-0.4, -0.2) is 70.6 Å². The van der Waals surface area contributed by atoms with E-state index in [0.717, 1.165) is 31.7 Å². The van der Waals surface area contributed by atoms with E-state index >= 15 is 0 Å². The average molecular weight is 458 g/mol. The fourth-order valence-electron chi connectivity index (χ4n) is 4.08. The van der Waals surface area contributed by atoms with E-state index < -0.39 is 0 Å².